The standard InChI is InChI=1S/C16H23FN2O3/c1-10(2)14(16(21)18-11(3)9-22-4)19-15(20)12-7-5-6-8-13(12)17/h5-8,10-11,14H,9H2,1-4H3,(H,18,21)(H,19,20). The molecule has 0 spiro atoms. The zero-order valence-electron chi connectivity index (χ0n) is 13.4. The van der Waals surface area contributed by atoms with Crippen LogP contribution in [0, 0.1) is 11.7 Å². The van der Waals surface area contributed by atoms with Gasteiger partial charge in [0.25, 0.3) is 5.91 Å². The van der Waals surface area contributed by atoms with E-state index in [0.717, 1.165) is 0 Å². The maximum absolute atomic E-state index is 13.6. The Morgan fingerprint density at radius 2 is 1.82 bits per heavy atom. The summed E-state index contributed by atoms with van der Waals surface area (Å²) in [6.45, 7) is 5.80. The van der Waals surface area contributed by atoms with Crippen LogP contribution in [0.2, 0.25) is 0 Å². The number of rotatable bonds is 7. The first-order valence-electron chi connectivity index (χ1n) is 7.21. The smallest absolute Gasteiger partial charge is 0.254 e. The van der Waals surface area contributed by atoms with Gasteiger partial charge in [-0.2, -0.15) is 0 Å². The number of hydrogen-bond acceptors (Lipinski definition) is 3. The minimum Gasteiger partial charge on any atom is -0.383 e. The Hall–Kier alpha value is -1.95. The van der Waals surface area contributed by atoms with Gasteiger partial charge in [-0.15, -0.1) is 0 Å². The molecule has 2 atom stereocenters. The van der Waals surface area contributed by atoms with Crippen molar-refractivity contribution in [3.05, 3.63) is 35.6 Å². The number of ether oxygens (including phenoxy) is 1. The lowest BCUT2D eigenvalue weighted by molar-refractivity contribution is -0.124. The number of halogens is 1. The second-order valence-electron chi connectivity index (χ2n) is 5.54. The van der Waals surface area contributed by atoms with Crippen LogP contribution >= 0.6 is 0 Å². The number of benzene rings is 1. The number of carbonyl (C=O) groups is 2. The van der Waals surface area contributed by atoms with Crippen LogP contribution in [0.5, 0.6) is 0 Å². The summed E-state index contributed by atoms with van der Waals surface area (Å²) in [4.78, 5) is 24.4. The average molecular weight is 310 g/mol. The van der Waals surface area contributed by atoms with Gasteiger partial charge in [-0.05, 0) is 25.0 Å². The fourth-order valence-electron chi connectivity index (χ4n) is 2.02. The molecule has 1 aromatic carbocycles. The third-order valence-corrected chi connectivity index (χ3v) is 3.16. The third kappa shape index (κ3) is 5.11. The van der Waals surface area contributed by atoms with Crippen molar-refractivity contribution < 1.29 is 18.7 Å². The first-order chi connectivity index (χ1) is 10.4. The predicted octanol–water partition coefficient (Wildman–Crippen LogP) is 1.73. The normalized spacial score (nSPS) is 13.5. The van der Waals surface area contributed by atoms with E-state index in [0.29, 0.717) is 6.61 Å². The van der Waals surface area contributed by atoms with Crippen LogP contribution in [-0.4, -0.2) is 37.6 Å². The lowest BCUT2D eigenvalue weighted by Gasteiger charge is -2.24. The second kappa shape index (κ2) is 8.48. The van der Waals surface area contributed by atoms with E-state index in [-0.39, 0.29) is 23.4 Å². The van der Waals surface area contributed by atoms with E-state index < -0.39 is 17.8 Å². The van der Waals surface area contributed by atoms with E-state index in [4.69, 9.17) is 4.74 Å². The van der Waals surface area contributed by atoms with Crippen LogP contribution in [0.3, 0.4) is 0 Å². The van der Waals surface area contributed by atoms with Crippen LogP contribution in [0.15, 0.2) is 24.3 Å². The van der Waals surface area contributed by atoms with Crippen LogP contribution in [0.4, 0.5) is 4.39 Å². The fraction of sp³-hybridized carbons (Fsp3) is 0.500. The molecule has 22 heavy (non-hydrogen) atoms. The molecule has 0 bridgehead atoms. The summed E-state index contributed by atoms with van der Waals surface area (Å²) in [6, 6.07) is 4.75. The summed E-state index contributed by atoms with van der Waals surface area (Å²) in [5.41, 5.74) is -0.0779. The Labute approximate surface area is 130 Å². The van der Waals surface area contributed by atoms with Crippen molar-refractivity contribution in [2.75, 3.05) is 13.7 Å². The maximum Gasteiger partial charge on any atom is 0.254 e. The highest BCUT2D eigenvalue weighted by Gasteiger charge is 2.26. The van der Waals surface area contributed by atoms with Crippen LogP contribution < -0.4 is 10.6 Å². The molecule has 122 valence electrons. The molecule has 0 saturated carbocycles. The number of amides is 2. The average Bonchev–Trinajstić information content (AvgIpc) is 2.44. The Balaban J connectivity index is 2.78. The second-order valence-corrected chi connectivity index (χ2v) is 5.54. The molecule has 0 aromatic heterocycles. The monoisotopic (exact) mass is 310 g/mol. The van der Waals surface area contributed by atoms with Gasteiger partial charge in [0.2, 0.25) is 5.91 Å². The largest absolute Gasteiger partial charge is 0.383 e. The Morgan fingerprint density at radius 3 is 2.36 bits per heavy atom. The van der Waals surface area contributed by atoms with Gasteiger partial charge in [0.1, 0.15) is 11.9 Å². The molecule has 2 amide bonds. The molecule has 5 nitrogen and oxygen atoms in total. The zero-order chi connectivity index (χ0) is 16.7. The van der Waals surface area contributed by atoms with E-state index in [2.05, 4.69) is 10.6 Å². The van der Waals surface area contributed by atoms with E-state index in [1.807, 2.05) is 13.8 Å². The van der Waals surface area contributed by atoms with Gasteiger partial charge in [0.15, 0.2) is 0 Å². The summed E-state index contributed by atoms with van der Waals surface area (Å²) < 4.78 is 18.6. The van der Waals surface area contributed by atoms with E-state index in [9.17, 15) is 14.0 Å². The molecule has 0 aliphatic rings. The molecule has 6 heteroatoms. The molecule has 0 aliphatic carbocycles. The summed E-state index contributed by atoms with van der Waals surface area (Å²) >= 11 is 0. The first kappa shape index (κ1) is 18.1. The lowest BCUT2D eigenvalue weighted by Crippen LogP contribution is -2.52. The van der Waals surface area contributed by atoms with Gasteiger partial charge in [-0.25, -0.2) is 4.39 Å². The molecule has 0 saturated heterocycles. The third-order valence-electron chi connectivity index (χ3n) is 3.16. The highest BCUT2D eigenvalue weighted by molar-refractivity contribution is 5.97. The summed E-state index contributed by atoms with van der Waals surface area (Å²) in [5.74, 6) is -1.67. The zero-order valence-corrected chi connectivity index (χ0v) is 13.4. The van der Waals surface area contributed by atoms with Crippen LogP contribution in [0.1, 0.15) is 31.1 Å². The lowest BCUT2D eigenvalue weighted by atomic mass is 10.0. The molecular weight excluding hydrogens is 287 g/mol. The summed E-state index contributed by atoms with van der Waals surface area (Å²) in [5, 5.41) is 5.35. The minimum atomic E-state index is -0.744. The summed E-state index contributed by atoms with van der Waals surface area (Å²) in [6.07, 6.45) is 0. The fourth-order valence-corrected chi connectivity index (χ4v) is 2.02. The van der Waals surface area contributed by atoms with Crippen LogP contribution in [0.25, 0.3) is 0 Å². The molecule has 0 fully saturated rings. The number of methoxy groups -OCH3 is 1. The van der Waals surface area contributed by atoms with Crippen molar-refractivity contribution in [1.29, 1.82) is 0 Å². The summed E-state index contributed by atoms with van der Waals surface area (Å²) in [7, 11) is 1.54. The molecular formula is C16H23FN2O3. The number of nitrogens with one attached hydrogen (secondary N) is 2. The van der Waals surface area contributed by atoms with Gasteiger partial charge in [-0.1, -0.05) is 26.0 Å². The van der Waals surface area contributed by atoms with E-state index >= 15 is 0 Å². The van der Waals surface area contributed by atoms with Crippen molar-refractivity contribution in [2.24, 2.45) is 5.92 Å². The number of hydrogen-bond donors (Lipinski definition) is 2. The Morgan fingerprint density at radius 1 is 1.18 bits per heavy atom. The van der Waals surface area contributed by atoms with E-state index in [1.54, 1.807) is 20.1 Å². The van der Waals surface area contributed by atoms with Crippen molar-refractivity contribution in [1.82, 2.24) is 10.6 Å². The first-order valence-corrected chi connectivity index (χ1v) is 7.21. The topological polar surface area (TPSA) is 67.4 Å². The van der Waals surface area contributed by atoms with Gasteiger partial charge < -0.3 is 15.4 Å². The molecule has 1 rings (SSSR count). The van der Waals surface area contributed by atoms with E-state index in [1.165, 1.54) is 18.2 Å². The van der Waals surface area contributed by atoms with Gasteiger partial charge in [0.05, 0.1) is 12.2 Å². The van der Waals surface area contributed by atoms with Gasteiger partial charge in [-0.3, -0.25) is 9.59 Å². The number of carbonyl (C=O) groups excluding carboxylic acids is 2. The molecule has 2 unspecified atom stereocenters. The molecule has 0 radical (unpaired) electrons. The predicted molar refractivity (Wildman–Crippen MR) is 82.0 cm³/mol. The van der Waals surface area contributed by atoms with Crippen molar-refractivity contribution in [3.63, 3.8) is 0 Å². The maximum atomic E-state index is 13.6. The van der Waals surface area contributed by atoms with Crippen molar-refractivity contribution in [3.8, 4) is 0 Å². The highest BCUT2D eigenvalue weighted by atomic mass is 19.1. The molecule has 0 heterocycles. The molecule has 0 aliphatic heterocycles. The van der Waals surface area contributed by atoms with Crippen molar-refractivity contribution in [2.45, 2.75) is 32.9 Å². The minimum absolute atomic E-state index is 0.0779. The SMILES string of the molecule is COCC(C)NC(=O)C(NC(=O)c1ccccc1F)C(C)C. The molecule has 1 aromatic rings. The Bertz CT molecular complexity index is 520. The Kier molecular flexibility index (Phi) is 6.98. The van der Waals surface area contributed by atoms with Crippen LogP contribution in [-0.2, 0) is 9.53 Å². The quantitative estimate of drug-likeness (QED) is 0.806. The van der Waals surface area contributed by atoms with Crippen molar-refractivity contribution >= 4 is 11.8 Å². The van der Waals surface area contributed by atoms with Gasteiger partial charge in [0, 0.05) is 13.2 Å². The highest BCUT2D eigenvalue weighted by Crippen LogP contribution is 2.09. The molecule has 2 N–H and O–H groups in total. The van der Waals surface area contributed by atoms with Gasteiger partial charge >= 0.3 is 0 Å².